The maximum atomic E-state index is 12.3. The Kier molecular flexibility index (Phi) is 5.36. The molecule has 0 saturated carbocycles. The molecule has 2 N–H and O–H groups in total. The summed E-state index contributed by atoms with van der Waals surface area (Å²) in [6, 6.07) is 16.5. The predicted molar refractivity (Wildman–Crippen MR) is 101 cm³/mol. The van der Waals surface area contributed by atoms with Gasteiger partial charge >= 0.3 is 0 Å². The number of amides is 1. The van der Waals surface area contributed by atoms with E-state index in [1.807, 2.05) is 48.1 Å². The minimum Gasteiger partial charge on any atom is -0.374 e. The van der Waals surface area contributed by atoms with Crippen molar-refractivity contribution in [2.45, 2.75) is 19.5 Å². The van der Waals surface area contributed by atoms with Crippen molar-refractivity contribution >= 4 is 28.9 Å². The van der Waals surface area contributed by atoms with Gasteiger partial charge in [0.2, 0.25) is 5.91 Å². The van der Waals surface area contributed by atoms with Crippen molar-refractivity contribution in [2.24, 2.45) is 0 Å². The van der Waals surface area contributed by atoms with Gasteiger partial charge in [-0.25, -0.2) is 0 Å². The molecule has 1 aromatic heterocycles. The van der Waals surface area contributed by atoms with Crippen molar-refractivity contribution < 1.29 is 4.79 Å². The third-order valence-corrected chi connectivity index (χ3v) is 3.97. The highest BCUT2D eigenvalue weighted by atomic mass is 35.5. The Morgan fingerprint density at radius 2 is 1.96 bits per heavy atom. The molecule has 0 aliphatic rings. The predicted octanol–water partition coefficient (Wildman–Crippen LogP) is 4.02. The number of aromatic nitrogens is 2. The van der Waals surface area contributed by atoms with E-state index >= 15 is 0 Å². The molecule has 0 radical (unpaired) electrons. The maximum Gasteiger partial charge on any atom is 0.246 e. The molecule has 1 atom stereocenters. The molecule has 3 aromatic rings. The van der Waals surface area contributed by atoms with Crippen LogP contribution in [0.1, 0.15) is 12.5 Å². The fourth-order valence-electron chi connectivity index (χ4n) is 2.44. The first-order valence-corrected chi connectivity index (χ1v) is 8.37. The van der Waals surface area contributed by atoms with E-state index in [1.165, 1.54) is 0 Å². The largest absolute Gasteiger partial charge is 0.374 e. The van der Waals surface area contributed by atoms with Crippen molar-refractivity contribution in [1.29, 1.82) is 0 Å². The quantitative estimate of drug-likeness (QED) is 0.702. The van der Waals surface area contributed by atoms with Gasteiger partial charge in [-0.15, -0.1) is 0 Å². The highest BCUT2D eigenvalue weighted by molar-refractivity contribution is 6.30. The van der Waals surface area contributed by atoms with Crippen molar-refractivity contribution in [3.05, 3.63) is 77.6 Å². The molecule has 1 heterocycles. The molecule has 2 aromatic carbocycles. The Morgan fingerprint density at radius 3 is 2.68 bits per heavy atom. The molecule has 128 valence electrons. The first-order chi connectivity index (χ1) is 12.1. The zero-order chi connectivity index (χ0) is 17.6. The molecule has 0 aliphatic heterocycles. The zero-order valence-corrected chi connectivity index (χ0v) is 14.6. The van der Waals surface area contributed by atoms with Gasteiger partial charge in [-0.3, -0.25) is 9.48 Å². The lowest BCUT2D eigenvalue weighted by molar-refractivity contribution is -0.116. The summed E-state index contributed by atoms with van der Waals surface area (Å²) in [6.45, 7) is 2.51. The van der Waals surface area contributed by atoms with E-state index in [1.54, 1.807) is 30.5 Å². The number of hydrogen-bond acceptors (Lipinski definition) is 3. The van der Waals surface area contributed by atoms with Crippen LogP contribution in [0.2, 0.25) is 5.02 Å². The van der Waals surface area contributed by atoms with Crippen molar-refractivity contribution in [3.8, 4) is 0 Å². The summed E-state index contributed by atoms with van der Waals surface area (Å²) >= 11 is 5.85. The number of nitrogens with zero attached hydrogens (tertiary/aromatic N) is 2. The molecule has 5 nitrogen and oxygen atoms in total. The molecule has 1 amide bonds. The number of nitrogens with one attached hydrogen (secondary N) is 2. The highest BCUT2D eigenvalue weighted by Crippen LogP contribution is 2.16. The van der Waals surface area contributed by atoms with E-state index in [2.05, 4.69) is 15.7 Å². The lowest BCUT2D eigenvalue weighted by Gasteiger charge is -2.16. The Bertz CT molecular complexity index is 831. The van der Waals surface area contributed by atoms with Crippen LogP contribution in [-0.2, 0) is 11.3 Å². The third-order valence-electron chi connectivity index (χ3n) is 3.72. The van der Waals surface area contributed by atoms with Crippen LogP contribution in [0.15, 0.2) is 67.0 Å². The molecular formula is C19H19ClN4O. The monoisotopic (exact) mass is 354 g/mol. The summed E-state index contributed by atoms with van der Waals surface area (Å²) < 4.78 is 1.86. The average molecular weight is 355 g/mol. The number of halogens is 1. The van der Waals surface area contributed by atoms with Crippen LogP contribution in [0, 0.1) is 0 Å². The summed E-state index contributed by atoms with van der Waals surface area (Å²) in [4.78, 5) is 12.3. The molecule has 25 heavy (non-hydrogen) atoms. The number of rotatable bonds is 6. The Labute approximate surface area is 151 Å². The van der Waals surface area contributed by atoms with Crippen molar-refractivity contribution in [1.82, 2.24) is 9.78 Å². The Morgan fingerprint density at radius 1 is 1.16 bits per heavy atom. The van der Waals surface area contributed by atoms with Gasteiger partial charge in [0.25, 0.3) is 0 Å². The molecule has 0 fully saturated rings. The van der Waals surface area contributed by atoms with Gasteiger partial charge in [0.05, 0.1) is 6.54 Å². The number of carbonyl (C=O) groups excluding carboxylic acids is 1. The standard InChI is InChI=1S/C19H19ClN4O/c1-14(19(25)23-17-8-6-16(20)7-9-17)22-18-5-2-4-15(12-18)13-24-11-3-10-21-24/h2-12,14,22H,13H2,1H3,(H,23,25). The minimum absolute atomic E-state index is 0.111. The number of hydrogen-bond donors (Lipinski definition) is 2. The van der Waals surface area contributed by atoms with Crippen LogP contribution in [0.25, 0.3) is 0 Å². The number of benzene rings is 2. The van der Waals surface area contributed by atoms with E-state index in [4.69, 9.17) is 11.6 Å². The SMILES string of the molecule is CC(Nc1cccc(Cn2cccn2)c1)C(=O)Nc1ccc(Cl)cc1. The number of anilines is 2. The van der Waals surface area contributed by atoms with E-state index in [0.29, 0.717) is 11.6 Å². The Balaban J connectivity index is 1.61. The summed E-state index contributed by atoms with van der Waals surface area (Å²) in [7, 11) is 0. The molecule has 0 bridgehead atoms. The van der Waals surface area contributed by atoms with Crippen molar-refractivity contribution in [2.75, 3.05) is 10.6 Å². The van der Waals surface area contributed by atoms with Crippen LogP contribution in [0.4, 0.5) is 11.4 Å². The summed E-state index contributed by atoms with van der Waals surface area (Å²) in [5.41, 5.74) is 2.72. The van der Waals surface area contributed by atoms with Gasteiger partial charge in [-0.05, 0) is 55.0 Å². The summed E-state index contributed by atoms with van der Waals surface area (Å²) in [5, 5.41) is 10.9. The molecule has 0 saturated heterocycles. The van der Waals surface area contributed by atoms with Crippen LogP contribution >= 0.6 is 11.6 Å². The van der Waals surface area contributed by atoms with Gasteiger partial charge in [0.15, 0.2) is 0 Å². The van der Waals surface area contributed by atoms with Gasteiger partial charge in [-0.2, -0.15) is 5.10 Å². The fourth-order valence-corrected chi connectivity index (χ4v) is 2.57. The first kappa shape index (κ1) is 17.0. The fraction of sp³-hybridized carbons (Fsp3) is 0.158. The molecule has 6 heteroatoms. The van der Waals surface area contributed by atoms with Crippen LogP contribution in [0.5, 0.6) is 0 Å². The minimum atomic E-state index is -0.379. The second-order valence-corrected chi connectivity index (χ2v) is 6.20. The van der Waals surface area contributed by atoms with Crippen LogP contribution in [-0.4, -0.2) is 21.7 Å². The zero-order valence-electron chi connectivity index (χ0n) is 13.8. The van der Waals surface area contributed by atoms with E-state index in [0.717, 1.165) is 16.9 Å². The Hall–Kier alpha value is -2.79. The molecule has 0 spiro atoms. The lowest BCUT2D eigenvalue weighted by atomic mass is 10.2. The first-order valence-electron chi connectivity index (χ1n) is 7.99. The molecular weight excluding hydrogens is 336 g/mol. The lowest BCUT2D eigenvalue weighted by Crippen LogP contribution is -2.31. The molecule has 0 aliphatic carbocycles. The van der Waals surface area contributed by atoms with Gasteiger partial charge in [0, 0.05) is 28.8 Å². The normalized spacial score (nSPS) is 11.8. The van der Waals surface area contributed by atoms with Crippen molar-refractivity contribution in [3.63, 3.8) is 0 Å². The van der Waals surface area contributed by atoms with Gasteiger partial charge < -0.3 is 10.6 Å². The number of carbonyl (C=O) groups is 1. The van der Waals surface area contributed by atoms with E-state index in [9.17, 15) is 4.79 Å². The molecule has 1 unspecified atom stereocenters. The second kappa shape index (κ2) is 7.85. The van der Waals surface area contributed by atoms with E-state index < -0.39 is 0 Å². The highest BCUT2D eigenvalue weighted by Gasteiger charge is 2.13. The summed E-state index contributed by atoms with van der Waals surface area (Å²) in [5.74, 6) is -0.111. The second-order valence-electron chi connectivity index (χ2n) is 5.77. The molecule has 3 rings (SSSR count). The van der Waals surface area contributed by atoms with Crippen LogP contribution in [0.3, 0.4) is 0 Å². The average Bonchev–Trinajstić information content (AvgIpc) is 3.10. The topological polar surface area (TPSA) is 59.0 Å². The van der Waals surface area contributed by atoms with Gasteiger partial charge in [0.1, 0.15) is 6.04 Å². The van der Waals surface area contributed by atoms with E-state index in [-0.39, 0.29) is 11.9 Å². The smallest absolute Gasteiger partial charge is 0.246 e. The van der Waals surface area contributed by atoms with Gasteiger partial charge in [-0.1, -0.05) is 23.7 Å². The maximum absolute atomic E-state index is 12.3. The van der Waals surface area contributed by atoms with Crippen LogP contribution < -0.4 is 10.6 Å². The third kappa shape index (κ3) is 4.84. The summed E-state index contributed by atoms with van der Waals surface area (Å²) in [6.07, 6.45) is 3.67.